The molecule has 1 aliphatic heterocycles. The molecule has 1 fully saturated rings. The van der Waals surface area contributed by atoms with Crippen LogP contribution in [0.4, 0.5) is 0 Å². The molecule has 79 heavy (non-hydrogen) atoms. The highest BCUT2D eigenvalue weighted by molar-refractivity contribution is 5.76. The first-order chi connectivity index (χ1) is 38.7. The summed E-state index contributed by atoms with van der Waals surface area (Å²) in [5, 5.41) is 54.2. The zero-order valence-electron chi connectivity index (χ0n) is 51.3. The van der Waals surface area contributed by atoms with Crippen molar-refractivity contribution < 1.29 is 49.3 Å². The van der Waals surface area contributed by atoms with Gasteiger partial charge in [0.15, 0.2) is 6.29 Å². The zero-order valence-corrected chi connectivity index (χ0v) is 51.3. The quantitative estimate of drug-likeness (QED) is 0.0195. The third-order valence-electron chi connectivity index (χ3n) is 16.0. The maximum absolute atomic E-state index is 13.0. The minimum Gasteiger partial charge on any atom is -0.466 e. The average Bonchev–Trinajstić information content (AvgIpc) is 3.46. The number of esters is 1. The third-order valence-corrected chi connectivity index (χ3v) is 16.0. The second kappa shape index (κ2) is 57.7. The molecule has 0 aromatic heterocycles. The lowest BCUT2D eigenvalue weighted by Gasteiger charge is -2.40. The molecule has 7 atom stereocenters. The van der Waals surface area contributed by atoms with E-state index in [0.29, 0.717) is 19.4 Å². The van der Waals surface area contributed by atoms with E-state index in [9.17, 15) is 35.1 Å². The van der Waals surface area contributed by atoms with Crippen LogP contribution in [0, 0.1) is 0 Å². The summed E-state index contributed by atoms with van der Waals surface area (Å²) in [7, 11) is 0. The molecule has 1 heterocycles. The van der Waals surface area contributed by atoms with E-state index in [4.69, 9.17) is 14.2 Å². The van der Waals surface area contributed by atoms with E-state index in [1.54, 1.807) is 6.08 Å². The minimum absolute atomic E-state index is 0.00878. The average molecular weight is 1120 g/mol. The summed E-state index contributed by atoms with van der Waals surface area (Å²) in [4.78, 5) is 25.1. The molecular weight excluding hydrogens is 991 g/mol. The summed E-state index contributed by atoms with van der Waals surface area (Å²) in [5.41, 5.74) is 0. The van der Waals surface area contributed by atoms with E-state index in [1.807, 2.05) is 6.08 Å². The predicted molar refractivity (Wildman–Crippen MR) is 329 cm³/mol. The molecular formula is C68H127NO10. The van der Waals surface area contributed by atoms with Crippen LogP contribution in [0.25, 0.3) is 0 Å². The van der Waals surface area contributed by atoms with Crippen LogP contribution in [-0.2, 0) is 23.8 Å². The van der Waals surface area contributed by atoms with Crippen molar-refractivity contribution in [2.45, 2.75) is 365 Å². The molecule has 0 saturated carbocycles. The van der Waals surface area contributed by atoms with Crippen LogP contribution in [0.1, 0.15) is 322 Å². The first-order valence-electron chi connectivity index (χ1n) is 33.8. The van der Waals surface area contributed by atoms with Crippen molar-refractivity contribution in [3.05, 3.63) is 36.5 Å². The maximum Gasteiger partial charge on any atom is 0.305 e. The van der Waals surface area contributed by atoms with Crippen molar-refractivity contribution in [3.63, 3.8) is 0 Å². The highest BCUT2D eigenvalue weighted by Crippen LogP contribution is 2.23. The number of nitrogens with one attached hydrogen (secondary N) is 1. The van der Waals surface area contributed by atoms with E-state index in [1.165, 1.54) is 238 Å². The number of rotatable bonds is 59. The highest BCUT2D eigenvalue weighted by atomic mass is 16.7. The lowest BCUT2D eigenvalue weighted by molar-refractivity contribution is -0.302. The molecule has 1 saturated heterocycles. The second-order valence-electron chi connectivity index (χ2n) is 23.5. The number of allylic oxidation sites excluding steroid dienone is 5. The number of carbonyl (C=O) groups is 2. The van der Waals surface area contributed by atoms with Crippen LogP contribution in [-0.4, -0.2) is 100 Å². The van der Waals surface area contributed by atoms with Gasteiger partial charge in [-0.2, -0.15) is 0 Å². The van der Waals surface area contributed by atoms with E-state index >= 15 is 0 Å². The van der Waals surface area contributed by atoms with Crippen molar-refractivity contribution in [2.24, 2.45) is 0 Å². The molecule has 0 aliphatic carbocycles. The summed E-state index contributed by atoms with van der Waals surface area (Å²) < 4.78 is 16.7. The maximum atomic E-state index is 13.0. The van der Waals surface area contributed by atoms with Crippen molar-refractivity contribution >= 4 is 11.9 Å². The number of amides is 1. The molecule has 11 nitrogen and oxygen atoms in total. The lowest BCUT2D eigenvalue weighted by Crippen LogP contribution is -2.60. The van der Waals surface area contributed by atoms with E-state index in [-0.39, 0.29) is 18.5 Å². The Morgan fingerprint density at radius 1 is 0.456 bits per heavy atom. The fraction of sp³-hybridized carbons (Fsp3) is 0.882. The minimum atomic E-state index is -1.58. The van der Waals surface area contributed by atoms with Crippen LogP contribution in [0.2, 0.25) is 0 Å². The molecule has 0 bridgehead atoms. The van der Waals surface area contributed by atoms with Gasteiger partial charge in [-0.3, -0.25) is 9.59 Å². The first-order valence-corrected chi connectivity index (χ1v) is 33.8. The molecule has 6 N–H and O–H groups in total. The molecule has 0 aromatic rings. The number of aliphatic hydroxyl groups is 5. The smallest absolute Gasteiger partial charge is 0.305 e. The van der Waals surface area contributed by atoms with Gasteiger partial charge in [0.2, 0.25) is 5.91 Å². The van der Waals surface area contributed by atoms with Crippen LogP contribution < -0.4 is 5.32 Å². The Bertz CT molecular complexity index is 1410. The van der Waals surface area contributed by atoms with Crippen molar-refractivity contribution in [1.82, 2.24) is 5.32 Å². The zero-order chi connectivity index (χ0) is 57.3. The Morgan fingerprint density at radius 3 is 1.28 bits per heavy atom. The SMILES string of the molecule is CCCCC/C=C/CC/C=C/C(O)C(COC1OC(CO)C(O)C(O)C1O)NC(=O)CCCCCCCCCCCCCC/C=C\CCCCCCCCCCCCCCOC(=O)CCCCCCCCCCCCCCCC. The van der Waals surface area contributed by atoms with E-state index in [0.717, 1.165) is 57.8 Å². The fourth-order valence-corrected chi connectivity index (χ4v) is 10.6. The Morgan fingerprint density at radius 2 is 0.823 bits per heavy atom. The van der Waals surface area contributed by atoms with Crippen molar-refractivity contribution in [3.8, 4) is 0 Å². The van der Waals surface area contributed by atoms with Gasteiger partial charge in [-0.25, -0.2) is 0 Å². The van der Waals surface area contributed by atoms with Gasteiger partial charge in [-0.05, 0) is 70.6 Å². The number of hydrogen-bond donors (Lipinski definition) is 6. The Kier molecular flexibility index (Phi) is 54.7. The van der Waals surface area contributed by atoms with Crippen molar-refractivity contribution in [2.75, 3.05) is 19.8 Å². The topological polar surface area (TPSA) is 175 Å². The molecule has 1 rings (SSSR count). The molecule has 11 heteroatoms. The molecule has 0 spiro atoms. The Balaban J connectivity index is 1.94. The summed E-state index contributed by atoms with van der Waals surface area (Å²) in [6.07, 6.45) is 62.9. The fourth-order valence-electron chi connectivity index (χ4n) is 10.6. The number of aliphatic hydroxyl groups excluding tert-OH is 5. The van der Waals surface area contributed by atoms with Gasteiger partial charge in [0.1, 0.15) is 24.4 Å². The van der Waals surface area contributed by atoms with Gasteiger partial charge in [0.25, 0.3) is 0 Å². The van der Waals surface area contributed by atoms with Crippen molar-refractivity contribution in [1.29, 1.82) is 0 Å². The standard InChI is InChI=1S/C68H127NO10/c1-3-5-7-9-11-13-14-15-33-36-40-44-48-52-56-64(73)77-57-53-49-45-41-37-34-31-29-27-25-23-21-19-17-16-18-20-22-24-26-28-30-32-35-39-43-47-51-55-63(72)69-60(61(71)54-50-46-42-38-12-10-8-6-4-2)59-78-68-67(76)66(75)65(74)62(58-70)79-68/h12,16-17,38,50,54,60-62,65-68,70-71,74-76H,3-11,13-15,18-37,39-49,51-53,55-59H2,1-2H3,(H,69,72)/b17-16-,38-12+,54-50+. The summed E-state index contributed by atoms with van der Waals surface area (Å²) in [6, 6.07) is -0.826. The molecule has 0 radical (unpaired) electrons. The van der Waals surface area contributed by atoms with Gasteiger partial charge < -0.3 is 45.1 Å². The number of unbranched alkanes of at least 4 members (excludes halogenated alkanes) is 41. The first kappa shape index (κ1) is 74.9. The largest absolute Gasteiger partial charge is 0.466 e. The summed E-state index contributed by atoms with van der Waals surface area (Å²) in [5.74, 6) is -0.185. The van der Waals surface area contributed by atoms with Gasteiger partial charge >= 0.3 is 5.97 Å². The number of carbonyl (C=O) groups excluding carboxylic acids is 2. The molecule has 1 aliphatic rings. The summed E-state index contributed by atoms with van der Waals surface area (Å²) >= 11 is 0. The lowest BCUT2D eigenvalue weighted by atomic mass is 9.99. The molecule has 7 unspecified atom stereocenters. The van der Waals surface area contributed by atoms with Crippen LogP contribution in [0.15, 0.2) is 36.5 Å². The third kappa shape index (κ3) is 47.0. The van der Waals surface area contributed by atoms with Crippen LogP contribution >= 0.6 is 0 Å². The summed E-state index contributed by atoms with van der Waals surface area (Å²) in [6.45, 7) is 4.30. The number of hydrogen-bond acceptors (Lipinski definition) is 10. The van der Waals surface area contributed by atoms with Crippen LogP contribution in [0.3, 0.4) is 0 Å². The van der Waals surface area contributed by atoms with E-state index < -0.39 is 49.5 Å². The molecule has 0 aromatic carbocycles. The van der Waals surface area contributed by atoms with Crippen LogP contribution in [0.5, 0.6) is 0 Å². The predicted octanol–water partition coefficient (Wildman–Crippen LogP) is 16.6. The van der Waals surface area contributed by atoms with Gasteiger partial charge in [0, 0.05) is 12.8 Å². The van der Waals surface area contributed by atoms with Gasteiger partial charge in [-0.15, -0.1) is 0 Å². The second-order valence-corrected chi connectivity index (χ2v) is 23.5. The number of ether oxygens (including phenoxy) is 3. The van der Waals surface area contributed by atoms with Gasteiger partial charge in [0.05, 0.1) is 32.0 Å². The Hall–Kier alpha value is -2.12. The molecule has 1 amide bonds. The monoisotopic (exact) mass is 1120 g/mol. The normalized spacial score (nSPS) is 18.6. The Labute approximate surface area is 485 Å². The van der Waals surface area contributed by atoms with Gasteiger partial charge in [-0.1, -0.05) is 275 Å². The molecule has 464 valence electrons. The highest BCUT2D eigenvalue weighted by Gasteiger charge is 2.44. The van der Waals surface area contributed by atoms with E-state index in [2.05, 4.69) is 43.5 Å².